The number of aromatic nitrogens is 4. The van der Waals surface area contributed by atoms with Gasteiger partial charge in [-0.25, -0.2) is 9.37 Å². The highest BCUT2D eigenvalue weighted by Crippen LogP contribution is 2.47. The summed E-state index contributed by atoms with van der Waals surface area (Å²) < 4.78 is 20.8. The fraction of sp³-hybridized carbons (Fsp3) is 0.269. The number of amides is 1. The van der Waals surface area contributed by atoms with E-state index < -0.39 is 11.7 Å². The number of aromatic amines is 1. The Morgan fingerprint density at radius 3 is 2.78 bits per heavy atom. The van der Waals surface area contributed by atoms with Crippen molar-refractivity contribution in [1.29, 1.82) is 0 Å². The van der Waals surface area contributed by atoms with Gasteiger partial charge in [0.15, 0.2) is 0 Å². The standard InChI is InChI=1S/C26H26ClFN6O2/c1-34-24(29)22(26(35)32-17-6-8-20(28)19(27)13-17)23(33-34)15-4-3-14(11-15)18-7-5-16(12-21(18)36-2)25-30-9-10-31-25/h5-10,12-15H,3-4,11,29H2,1-2H3,(H,30,31)(H,32,35)/t14-,15-/m1/s1. The molecule has 10 heteroatoms. The predicted molar refractivity (Wildman–Crippen MR) is 137 cm³/mol. The lowest BCUT2D eigenvalue weighted by molar-refractivity contribution is 0.102. The van der Waals surface area contributed by atoms with Gasteiger partial charge in [-0.15, -0.1) is 0 Å². The number of aryl methyl sites for hydroxylation is 1. The molecule has 1 aliphatic carbocycles. The van der Waals surface area contributed by atoms with Crippen LogP contribution in [0.3, 0.4) is 0 Å². The molecule has 0 bridgehead atoms. The van der Waals surface area contributed by atoms with Crippen LogP contribution in [0.2, 0.25) is 5.02 Å². The summed E-state index contributed by atoms with van der Waals surface area (Å²) in [5, 5.41) is 7.31. The van der Waals surface area contributed by atoms with Crippen LogP contribution in [-0.4, -0.2) is 32.8 Å². The van der Waals surface area contributed by atoms with Crippen molar-refractivity contribution in [3.05, 3.63) is 76.5 Å². The van der Waals surface area contributed by atoms with Crippen molar-refractivity contribution in [2.24, 2.45) is 7.05 Å². The van der Waals surface area contributed by atoms with Crippen LogP contribution >= 0.6 is 11.6 Å². The van der Waals surface area contributed by atoms with E-state index in [1.807, 2.05) is 12.1 Å². The summed E-state index contributed by atoms with van der Waals surface area (Å²) in [7, 11) is 3.38. The van der Waals surface area contributed by atoms with Crippen LogP contribution in [0.15, 0.2) is 48.8 Å². The monoisotopic (exact) mass is 508 g/mol. The number of carbonyl (C=O) groups is 1. The van der Waals surface area contributed by atoms with E-state index >= 15 is 0 Å². The van der Waals surface area contributed by atoms with Gasteiger partial charge in [0.25, 0.3) is 5.91 Å². The number of nitrogens with zero attached hydrogens (tertiary/aromatic N) is 3. The first-order valence-corrected chi connectivity index (χ1v) is 12.0. The lowest BCUT2D eigenvalue weighted by Gasteiger charge is -2.16. The van der Waals surface area contributed by atoms with Crippen molar-refractivity contribution >= 4 is 29.0 Å². The molecule has 2 atom stereocenters. The van der Waals surface area contributed by atoms with Crippen LogP contribution in [0.1, 0.15) is 52.7 Å². The molecule has 1 aliphatic rings. The summed E-state index contributed by atoms with van der Waals surface area (Å²) in [6, 6.07) is 10.1. The molecule has 0 radical (unpaired) electrons. The number of imidazole rings is 1. The van der Waals surface area contributed by atoms with Gasteiger partial charge in [0.05, 0.1) is 17.8 Å². The third-order valence-electron chi connectivity index (χ3n) is 6.79. The number of hydrogen-bond donors (Lipinski definition) is 3. The Kier molecular flexibility index (Phi) is 6.40. The van der Waals surface area contributed by atoms with Gasteiger partial charge in [0.2, 0.25) is 0 Å². The second-order valence-electron chi connectivity index (χ2n) is 8.95. The Hall–Kier alpha value is -3.85. The van der Waals surface area contributed by atoms with Gasteiger partial charge in [0, 0.05) is 36.6 Å². The van der Waals surface area contributed by atoms with Crippen LogP contribution < -0.4 is 15.8 Å². The Balaban J connectivity index is 1.39. The number of nitrogens with two attached hydrogens (primary N) is 1. The second-order valence-corrected chi connectivity index (χ2v) is 9.36. The fourth-order valence-corrected chi connectivity index (χ4v) is 5.16. The van der Waals surface area contributed by atoms with Crippen molar-refractivity contribution in [3.63, 3.8) is 0 Å². The Morgan fingerprint density at radius 1 is 1.25 bits per heavy atom. The van der Waals surface area contributed by atoms with E-state index in [0.29, 0.717) is 16.9 Å². The molecule has 1 amide bonds. The number of anilines is 2. The maximum absolute atomic E-state index is 13.5. The largest absolute Gasteiger partial charge is 0.496 e. The zero-order valence-corrected chi connectivity index (χ0v) is 20.6. The molecule has 4 N–H and O–H groups in total. The van der Waals surface area contributed by atoms with Crippen molar-refractivity contribution in [2.45, 2.75) is 31.1 Å². The number of nitrogen functional groups attached to an aromatic ring is 1. The summed E-state index contributed by atoms with van der Waals surface area (Å²) in [6.07, 6.45) is 6.08. The summed E-state index contributed by atoms with van der Waals surface area (Å²) in [5.41, 5.74) is 9.71. The smallest absolute Gasteiger partial charge is 0.261 e. The SMILES string of the molecule is COc1cc(-c2ncc[nH]2)ccc1[C@@H]1CC[C@@H](c2nn(C)c(N)c2C(=O)Nc2ccc(F)c(Cl)c2)C1. The Bertz CT molecular complexity index is 1420. The summed E-state index contributed by atoms with van der Waals surface area (Å²) in [6.45, 7) is 0. The molecule has 0 unspecified atom stereocenters. The zero-order valence-electron chi connectivity index (χ0n) is 19.9. The summed E-state index contributed by atoms with van der Waals surface area (Å²) >= 11 is 5.87. The van der Waals surface area contributed by atoms with E-state index in [1.54, 1.807) is 26.6 Å². The third-order valence-corrected chi connectivity index (χ3v) is 7.08. The quantitative estimate of drug-likeness (QED) is 0.318. The van der Waals surface area contributed by atoms with Crippen LogP contribution in [-0.2, 0) is 7.05 Å². The minimum absolute atomic E-state index is 0.0468. The maximum Gasteiger partial charge on any atom is 0.261 e. The molecule has 1 saturated carbocycles. The molecule has 2 aromatic carbocycles. The Labute approximate surface area is 212 Å². The van der Waals surface area contributed by atoms with Crippen LogP contribution in [0, 0.1) is 5.82 Å². The van der Waals surface area contributed by atoms with Gasteiger partial charge < -0.3 is 20.8 Å². The molecule has 0 saturated heterocycles. The van der Waals surface area contributed by atoms with Gasteiger partial charge >= 0.3 is 0 Å². The molecule has 1 fully saturated rings. The molecule has 2 aromatic heterocycles. The van der Waals surface area contributed by atoms with Crippen molar-refractivity contribution < 1.29 is 13.9 Å². The highest BCUT2D eigenvalue weighted by atomic mass is 35.5. The van der Waals surface area contributed by atoms with E-state index in [-0.39, 0.29) is 22.7 Å². The lowest BCUT2D eigenvalue weighted by atomic mass is 9.92. The third kappa shape index (κ3) is 4.42. The number of halogens is 2. The maximum atomic E-state index is 13.5. The lowest BCUT2D eigenvalue weighted by Crippen LogP contribution is -2.16. The first-order chi connectivity index (χ1) is 17.4. The molecule has 36 heavy (non-hydrogen) atoms. The number of benzene rings is 2. The number of rotatable bonds is 6. The number of ether oxygens (including phenoxy) is 1. The fourth-order valence-electron chi connectivity index (χ4n) is 4.98. The first-order valence-electron chi connectivity index (χ1n) is 11.6. The van der Waals surface area contributed by atoms with Crippen molar-refractivity contribution in [3.8, 4) is 17.1 Å². The first kappa shape index (κ1) is 23.9. The molecule has 0 spiro atoms. The zero-order chi connectivity index (χ0) is 25.4. The summed E-state index contributed by atoms with van der Waals surface area (Å²) in [4.78, 5) is 20.7. The van der Waals surface area contributed by atoms with E-state index in [9.17, 15) is 9.18 Å². The number of nitrogens with one attached hydrogen (secondary N) is 2. The van der Waals surface area contributed by atoms with Gasteiger partial charge in [-0.2, -0.15) is 5.10 Å². The van der Waals surface area contributed by atoms with Crippen LogP contribution in [0.25, 0.3) is 11.4 Å². The molecule has 0 aliphatic heterocycles. The average molecular weight is 509 g/mol. The highest BCUT2D eigenvalue weighted by Gasteiger charge is 2.34. The molecular weight excluding hydrogens is 483 g/mol. The van der Waals surface area contributed by atoms with Gasteiger partial charge in [-0.05, 0) is 55.0 Å². The van der Waals surface area contributed by atoms with Crippen LogP contribution in [0.4, 0.5) is 15.9 Å². The average Bonchev–Trinajstić information content (AvgIpc) is 3.62. The molecular formula is C26H26ClFN6O2. The number of carbonyl (C=O) groups excluding carboxylic acids is 1. The van der Waals surface area contributed by atoms with E-state index in [2.05, 4.69) is 26.4 Å². The second kappa shape index (κ2) is 9.66. The van der Waals surface area contributed by atoms with E-state index in [0.717, 1.165) is 42.0 Å². The van der Waals surface area contributed by atoms with E-state index in [4.69, 9.17) is 22.1 Å². The van der Waals surface area contributed by atoms with Crippen molar-refractivity contribution in [2.75, 3.05) is 18.2 Å². The normalized spacial score (nSPS) is 17.3. The highest BCUT2D eigenvalue weighted by molar-refractivity contribution is 6.31. The minimum Gasteiger partial charge on any atom is -0.496 e. The van der Waals surface area contributed by atoms with E-state index in [1.165, 1.54) is 22.9 Å². The van der Waals surface area contributed by atoms with Gasteiger partial charge in [-0.3, -0.25) is 9.48 Å². The summed E-state index contributed by atoms with van der Waals surface area (Å²) in [5.74, 6) is 1.20. The number of hydrogen-bond acceptors (Lipinski definition) is 5. The van der Waals surface area contributed by atoms with Crippen molar-refractivity contribution in [1.82, 2.24) is 19.7 Å². The molecule has 8 nitrogen and oxygen atoms in total. The molecule has 186 valence electrons. The molecule has 5 rings (SSSR count). The molecule has 4 aromatic rings. The van der Waals surface area contributed by atoms with Crippen LogP contribution in [0.5, 0.6) is 5.75 Å². The number of H-pyrrole nitrogens is 1. The molecule has 2 heterocycles. The Morgan fingerprint density at radius 2 is 2.06 bits per heavy atom. The minimum atomic E-state index is -0.555. The number of methoxy groups -OCH3 is 1. The van der Waals surface area contributed by atoms with Gasteiger partial charge in [-0.1, -0.05) is 23.7 Å². The predicted octanol–water partition coefficient (Wildman–Crippen LogP) is 5.50. The van der Waals surface area contributed by atoms with Gasteiger partial charge in [0.1, 0.15) is 28.8 Å². The topological polar surface area (TPSA) is 111 Å².